The van der Waals surface area contributed by atoms with Crippen LogP contribution in [-0.4, -0.2) is 91.2 Å². The van der Waals surface area contributed by atoms with Gasteiger partial charge in [0.25, 0.3) is 5.91 Å². The summed E-state index contributed by atoms with van der Waals surface area (Å²) >= 11 is 0. The van der Waals surface area contributed by atoms with Gasteiger partial charge in [-0.3, -0.25) is 9.69 Å². The van der Waals surface area contributed by atoms with Gasteiger partial charge in [-0.05, 0) is 31.7 Å². The van der Waals surface area contributed by atoms with Crippen LogP contribution in [0, 0.1) is 0 Å². The lowest BCUT2D eigenvalue weighted by Gasteiger charge is -2.43. The van der Waals surface area contributed by atoms with E-state index in [9.17, 15) is 13.2 Å². The molecule has 10 heteroatoms. The van der Waals surface area contributed by atoms with Crippen LogP contribution in [0.15, 0.2) is 18.6 Å². The molecule has 0 aliphatic carbocycles. The molecule has 0 aromatic carbocycles. The first-order chi connectivity index (χ1) is 13.4. The topological polar surface area (TPSA) is 105 Å². The number of carbonyl (C=O) groups is 1. The number of aromatic nitrogens is 2. The Kier molecular flexibility index (Phi) is 7.33. The molecule has 3 heterocycles. The maximum atomic E-state index is 12.2. The molecule has 3 rings (SSSR count). The number of carbonyl (C=O) groups excluding carboxylic acids is 1. The SMILES string of the molecule is CS(=O)(=O)N1CCC(N(CCNC(=O)c2ccncn2)C2CCOCC2)CC1. The monoisotopic (exact) mass is 411 g/mol. The molecule has 0 spiro atoms. The fraction of sp³-hybridized carbons (Fsp3) is 0.722. The number of nitrogens with one attached hydrogen (secondary N) is 1. The molecule has 1 amide bonds. The quantitative estimate of drug-likeness (QED) is 0.679. The zero-order chi connectivity index (χ0) is 20.0. The summed E-state index contributed by atoms with van der Waals surface area (Å²) in [6.07, 6.45) is 7.73. The van der Waals surface area contributed by atoms with Crippen molar-refractivity contribution < 1.29 is 17.9 Å². The first kappa shape index (κ1) is 21.1. The summed E-state index contributed by atoms with van der Waals surface area (Å²) in [5, 5.41) is 2.93. The summed E-state index contributed by atoms with van der Waals surface area (Å²) in [4.78, 5) is 22.5. The summed E-state index contributed by atoms with van der Waals surface area (Å²) in [6, 6.07) is 2.31. The van der Waals surface area contributed by atoms with Crippen molar-refractivity contribution >= 4 is 15.9 Å². The molecule has 2 aliphatic heterocycles. The normalized spacial score (nSPS) is 20.4. The highest BCUT2D eigenvalue weighted by atomic mass is 32.2. The standard InChI is InChI=1S/C18H29N5O4S/c1-28(25,26)22-9-3-15(4-10-22)23(16-5-12-27-13-6-16)11-8-20-18(24)17-2-7-19-14-21-17/h2,7,14-16H,3-6,8-13H2,1H3,(H,20,24). The fourth-order valence-electron chi connectivity index (χ4n) is 4.00. The second-order valence-corrected chi connectivity index (χ2v) is 9.31. The Balaban J connectivity index is 1.57. The Bertz CT molecular complexity index is 732. The van der Waals surface area contributed by atoms with E-state index in [-0.39, 0.29) is 5.91 Å². The molecule has 1 N–H and O–H groups in total. The molecule has 2 aliphatic rings. The van der Waals surface area contributed by atoms with E-state index < -0.39 is 10.0 Å². The van der Waals surface area contributed by atoms with E-state index >= 15 is 0 Å². The number of ether oxygens (including phenoxy) is 1. The maximum Gasteiger partial charge on any atom is 0.270 e. The molecule has 28 heavy (non-hydrogen) atoms. The largest absolute Gasteiger partial charge is 0.381 e. The molecule has 1 aromatic rings. The Morgan fingerprint density at radius 2 is 1.93 bits per heavy atom. The Morgan fingerprint density at radius 1 is 1.25 bits per heavy atom. The molecule has 0 atom stereocenters. The van der Waals surface area contributed by atoms with Gasteiger partial charge in [0.1, 0.15) is 12.0 Å². The van der Waals surface area contributed by atoms with Gasteiger partial charge in [-0.2, -0.15) is 0 Å². The van der Waals surface area contributed by atoms with E-state index in [4.69, 9.17) is 4.74 Å². The van der Waals surface area contributed by atoms with Gasteiger partial charge in [0.2, 0.25) is 10.0 Å². The van der Waals surface area contributed by atoms with Crippen molar-refractivity contribution in [3.63, 3.8) is 0 Å². The van der Waals surface area contributed by atoms with E-state index in [1.807, 2.05) is 0 Å². The zero-order valence-corrected chi connectivity index (χ0v) is 17.1. The van der Waals surface area contributed by atoms with Crippen molar-refractivity contribution in [3.05, 3.63) is 24.3 Å². The highest BCUT2D eigenvalue weighted by molar-refractivity contribution is 7.88. The molecule has 2 fully saturated rings. The van der Waals surface area contributed by atoms with Gasteiger partial charge in [0, 0.05) is 57.7 Å². The molecule has 0 saturated carbocycles. The highest BCUT2D eigenvalue weighted by Crippen LogP contribution is 2.24. The smallest absolute Gasteiger partial charge is 0.270 e. The number of rotatable bonds is 7. The van der Waals surface area contributed by atoms with Gasteiger partial charge in [-0.15, -0.1) is 0 Å². The van der Waals surface area contributed by atoms with Crippen LogP contribution in [0.4, 0.5) is 0 Å². The number of sulfonamides is 1. The molecule has 1 aromatic heterocycles. The van der Waals surface area contributed by atoms with E-state index in [0.717, 1.165) is 45.4 Å². The number of nitrogens with zero attached hydrogens (tertiary/aromatic N) is 4. The van der Waals surface area contributed by atoms with Crippen LogP contribution >= 0.6 is 0 Å². The van der Waals surface area contributed by atoms with Crippen LogP contribution in [0.5, 0.6) is 0 Å². The maximum absolute atomic E-state index is 12.2. The summed E-state index contributed by atoms with van der Waals surface area (Å²) < 4.78 is 30.6. The van der Waals surface area contributed by atoms with E-state index in [0.29, 0.717) is 37.4 Å². The van der Waals surface area contributed by atoms with Gasteiger partial charge in [0.05, 0.1) is 6.26 Å². The van der Waals surface area contributed by atoms with E-state index in [2.05, 4.69) is 20.2 Å². The van der Waals surface area contributed by atoms with Gasteiger partial charge < -0.3 is 10.1 Å². The average Bonchev–Trinajstić information content (AvgIpc) is 2.72. The first-order valence-corrected chi connectivity index (χ1v) is 11.6. The molecular formula is C18H29N5O4S. The third-order valence-electron chi connectivity index (χ3n) is 5.49. The van der Waals surface area contributed by atoms with Gasteiger partial charge in [0.15, 0.2) is 0 Å². The lowest BCUT2D eigenvalue weighted by atomic mass is 9.98. The first-order valence-electron chi connectivity index (χ1n) is 9.78. The lowest BCUT2D eigenvalue weighted by Crippen LogP contribution is -2.53. The minimum Gasteiger partial charge on any atom is -0.381 e. The zero-order valence-electron chi connectivity index (χ0n) is 16.3. The minimum atomic E-state index is -3.13. The Morgan fingerprint density at radius 3 is 2.54 bits per heavy atom. The van der Waals surface area contributed by atoms with Crippen molar-refractivity contribution in [3.8, 4) is 0 Å². The van der Waals surface area contributed by atoms with Crippen molar-refractivity contribution in [2.75, 3.05) is 45.6 Å². The molecule has 2 saturated heterocycles. The van der Waals surface area contributed by atoms with Crippen LogP contribution in [0.2, 0.25) is 0 Å². The summed E-state index contributed by atoms with van der Waals surface area (Å²) in [6.45, 7) is 3.85. The molecule has 9 nitrogen and oxygen atoms in total. The third kappa shape index (κ3) is 5.69. The van der Waals surface area contributed by atoms with Gasteiger partial charge in [-0.25, -0.2) is 22.7 Å². The van der Waals surface area contributed by atoms with Crippen LogP contribution < -0.4 is 5.32 Å². The minimum absolute atomic E-state index is 0.207. The Hall–Kier alpha value is -1.62. The summed E-state index contributed by atoms with van der Waals surface area (Å²) in [5.41, 5.74) is 0.356. The number of amides is 1. The third-order valence-corrected chi connectivity index (χ3v) is 6.79. The second-order valence-electron chi connectivity index (χ2n) is 7.33. The fourth-order valence-corrected chi connectivity index (χ4v) is 4.87. The summed E-state index contributed by atoms with van der Waals surface area (Å²) in [5.74, 6) is -0.207. The van der Waals surface area contributed by atoms with Crippen molar-refractivity contribution in [2.24, 2.45) is 0 Å². The van der Waals surface area contributed by atoms with E-state index in [1.54, 1.807) is 16.6 Å². The van der Waals surface area contributed by atoms with Crippen LogP contribution in [0.1, 0.15) is 36.2 Å². The number of piperidine rings is 1. The van der Waals surface area contributed by atoms with Crippen LogP contribution in [-0.2, 0) is 14.8 Å². The molecule has 0 unspecified atom stereocenters. The van der Waals surface area contributed by atoms with Gasteiger partial charge >= 0.3 is 0 Å². The summed E-state index contributed by atoms with van der Waals surface area (Å²) in [7, 11) is -3.13. The molecule has 156 valence electrons. The number of hydrogen-bond acceptors (Lipinski definition) is 7. The molecular weight excluding hydrogens is 382 g/mol. The van der Waals surface area contributed by atoms with Gasteiger partial charge in [-0.1, -0.05) is 0 Å². The predicted molar refractivity (Wildman–Crippen MR) is 104 cm³/mol. The molecule has 0 bridgehead atoms. The highest BCUT2D eigenvalue weighted by Gasteiger charge is 2.32. The average molecular weight is 412 g/mol. The predicted octanol–water partition coefficient (Wildman–Crippen LogP) is 0.111. The lowest BCUT2D eigenvalue weighted by molar-refractivity contribution is 0.00747. The molecule has 0 radical (unpaired) electrons. The van der Waals surface area contributed by atoms with Crippen molar-refractivity contribution in [1.82, 2.24) is 24.5 Å². The van der Waals surface area contributed by atoms with E-state index in [1.165, 1.54) is 12.6 Å². The van der Waals surface area contributed by atoms with Crippen LogP contribution in [0.25, 0.3) is 0 Å². The van der Waals surface area contributed by atoms with Crippen molar-refractivity contribution in [1.29, 1.82) is 0 Å². The number of hydrogen-bond donors (Lipinski definition) is 1. The Labute approximate surface area is 166 Å². The second kappa shape index (κ2) is 9.73. The van der Waals surface area contributed by atoms with Crippen LogP contribution in [0.3, 0.4) is 0 Å². The van der Waals surface area contributed by atoms with Crippen molar-refractivity contribution in [2.45, 2.75) is 37.8 Å².